The van der Waals surface area contributed by atoms with Gasteiger partial charge in [-0.25, -0.2) is 0 Å². The SMILES string of the molecule is CC(C)(N=O)C(=O)N1CCN(CC2=C(c3ccc(Cl)cc3Cl)NC3C=CC(N)=CN23)CC1. The lowest BCUT2D eigenvalue weighted by Gasteiger charge is -2.38. The lowest BCUT2D eigenvalue weighted by atomic mass is 10.0. The van der Waals surface area contributed by atoms with Gasteiger partial charge in [-0.15, -0.1) is 4.91 Å². The van der Waals surface area contributed by atoms with Gasteiger partial charge in [0.15, 0.2) is 5.54 Å². The molecule has 1 saturated heterocycles. The number of rotatable bonds is 5. The van der Waals surface area contributed by atoms with Crippen molar-refractivity contribution in [3.8, 4) is 0 Å². The summed E-state index contributed by atoms with van der Waals surface area (Å²) in [6, 6.07) is 5.46. The number of fused-ring (bicyclic) bond motifs is 1. The molecule has 0 aliphatic carbocycles. The topological polar surface area (TPSA) is 94.3 Å². The van der Waals surface area contributed by atoms with E-state index < -0.39 is 5.54 Å². The summed E-state index contributed by atoms with van der Waals surface area (Å²) in [5.74, 6) is -0.237. The number of carbonyl (C=O) groups is 1. The Morgan fingerprint density at radius 1 is 1.25 bits per heavy atom. The third kappa shape index (κ3) is 4.35. The first kappa shape index (κ1) is 22.6. The third-order valence-electron chi connectivity index (χ3n) is 5.94. The summed E-state index contributed by atoms with van der Waals surface area (Å²) in [7, 11) is 0. The summed E-state index contributed by atoms with van der Waals surface area (Å²) in [6.07, 6.45) is 5.76. The van der Waals surface area contributed by atoms with E-state index in [1.165, 1.54) is 0 Å². The van der Waals surface area contributed by atoms with Crippen molar-refractivity contribution in [1.29, 1.82) is 0 Å². The van der Waals surface area contributed by atoms with Gasteiger partial charge >= 0.3 is 0 Å². The lowest BCUT2D eigenvalue weighted by Crippen LogP contribution is -2.54. The quantitative estimate of drug-likeness (QED) is 0.634. The monoisotopic (exact) mass is 476 g/mol. The summed E-state index contributed by atoms with van der Waals surface area (Å²) in [4.78, 5) is 29.7. The predicted octanol–water partition coefficient (Wildman–Crippen LogP) is 2.95. The van der Waals surface area contributed by atoms with Gasteiger partial charge in [0.25, 0.3) is 5.91 Å². The fourth-order valence-electron chi connectivity index (χ4n) is 4.14. The normalized spacial score (nSPS) is 21.4. The molecular formula is C22H26Cl2N6O2. The van der Waals surface area contributed by atoms with Crippen molar-refractivity contribution in [2.24, 2.45) is 10.9 Å². The maximum atomic E-state index is 12.6. The molecule has 0 spiro atoms. The van der Waals surface area contributed by atoms with E-state index in [9.17, 15) is 9.70 Å². The number of nitroso groups, excluding NO2 is 1. The number of nitrogens with one attached hydrogen (secondary N) is 1. The average Bonchev–Trinajstić information content (AvgIpc) is 3.11. The molecule has 10 heteroatoms. The number of piperazine rings is 1. The van der Waals surface area contributed by atoms with Crippen LogP contribution < -0.4 is 11.1 Å². The first-order chi connectivity index (χ1) is 15.2. The van der Waals surface area contributed by atoms with Crippen LogP contribution in [0.3, 0.4) is 0 Å². The zero-order valence-corrected chi connectivity index (χ0v) is 19.5. The van der Waals surface area contributed by atoms with Crippen molar-refractivity contribution in [2.45, 2.75) is 25.6 Å². The number of benzene rings is 1. The molecule has 4 rings (SSSR count). The van der Waals surface area contributed by atoms with Crippen LogP contribution in [0.4, 0.5) is 0 Å². The smallest absolute Gasteiger partial charge is 0.253 e. The van der Waals surface area contributed by atoms with Crippen LogP contribution in [0.1, 0.15) is 19.4 Å². The van der Waals surface area contributed by atoms with E-state index in [0.717, 1.165) is 17.0 Å². The highest BCUT2D eigenvalue weighted by molar-refractivity contribution is 6.35. The van der Waals surface area contributed by atoms with Crippen LogP contribution in [-0.4, -0.2) is 65.0 Å². The molecule has 8 nitrogen and oxygen atoms in total. The number of nitrogens with zero attached hydrogens (tertiary/aromatic N) is 4. The van der Waals surface area contributed by atoms with Crippen LogP contribution in [0.15, 0.2) is 53.1 Å². The van der Waals surface area contributed by atoms with Gasteiger partial charge in [-0.1, -0.05) is 28.4 Å². The first-order valence-electron chi connectivity index (χ1n) is 10.4. The molecule has 32 heavy (non-hydrogen) atoms. The number of nitrogens with two attached hydrogens (primary N) is 1. The van der Waals surface area contributed by atoms with Gasteiger partial charge in [-0.2, -0.15) is 0 Å². The van der Waals surface area contributed by atoms with Gasteiger partial charge in [0.05, 0.1) is 16.4 Å². The molecule has 1 unspecified atom stereocenters. The Morgan fingerprint density at radius 3 is 2.62 bits per heavy atom. The van der Waals surface area contributed by atoms with Crippen molar-refractivity contribution < 1.29 is 4.79 Å². The molecule has 1 atom stereocenters. The Morgan fingerprint density at radius 2 is 1.97 bits per heavy atom. The second-order valence-corrected chi connectivity index (χ2v) is 9.49. The summed E-state index contributed by atoms with van der Waals surface area (Å²) in [6.45, 7) is 6.18. The van der Waals surface area contributed by atoms with Crippen LogP contribution in [0.2, 0.25) is 10.0 Å². The number of halogens is 2. The molecule has 3 aliphatic heterocycles. The van der Waals surface area contributed by atoms with Crippen LogP contribution in [-0.2, 0) is 4.79 Å². The molecule has 0 bridgehead atoms. The molecule has 0 saturated carbocycles. The van der Waals surface area contributed by atoms with E-state index in [4.69, 9.17) is 28.9 Å². The number of allylic oxidation sites excluding steroid dienone is 1. The summed E-state index contributed by atoms with van der Waals surface area (Å²) in [5.41, 5.74) is 8.34. The van der Waals surface area contributed by atoms with Crippen molar-refractivity contribution in [1.82, 2.24) is 20.0 Å². The molecule has 1 fully saturated rings. The van der Waals surface area contributed by atoms with Crippen molar-refractivity contribution in [2.75, 3.05) is 32.7 Å². The predicted molar refractivity (Wildman–Crippen MR) is 126 cm³/mol. The van der Waals surface area contributed by atoms with E-state index in [1.54, 1.807) is 24.8 Å². The molecule has 0 radical (unpaired) electrons. The van der Waals surface area contributed by atoms with E-state index in [-0.39, 0.29) is 12.1 Å². The van der Waals surface area contributed by atoms with E-state index >= 15 is 0 Å². The summed E-state index contributed by atoms with van der Waals surface area (Å²) >= 11 is 12.6. The number of carbonyl (C=O) groups excluding carboxylic acids is 1. The minimum atomic E-state index is -1.24. The highest BCUT2D eigenvalue weighted by Gasteiger charge is 2.37. The van der Waals surface area contributed by atoms with Crippen molar-refractivity contribution in [3.63, 3.8) is 0 Å². The minimum absolute atomic E-state index is 0.0543. The molecular weight excluding hydrogens is 451 g/mol. The van der Waals surface area contributed by atoms with Gasteiger partial charge in [-0.3, -0.25) is 9.69 Å². The van der Waals surface area contributed by atoms with Gasteiger partial charge < -0.3 is 20.9 Å². The molecule has 3 heterocycles. The molecule has 3 aliphatic rings. The number of amides is 1. The van der Waals surface area contributed by atoms with Gasteiger partial charge in [0.1, 0.15) is 6.17 Å². The summed E-state index contributed by atoms with van der Waals surface area (Å²) < 4.78 is 0. The van der Waals surface area contributed by atoms with Crippen LogP contribution in [0.25, 0.3) is 5.70 Å². The van der Waals surface area contributed by atoms with Crippen LogP contribution in [0, 0.1) is 4.91 Å². The molecule has 1 aromatic rings. The van der Waals surface area contributed by atoms with Crippen molar-refractivity contribution >= 4 is 34.8 Å². The van der Waals surface area contributed by atoms with E-state index in [1.807, 2.05) is 30.5 Å². The molecule has 3 N–H and O–H groups in total. The van der Waals surface area contributed by atoms with E-state index in [2.05, 4.69) is 20.3 Å². The molecule has 1 aromatic carbocycles. The summed E-state index contributed by atoms with van der Waals surface area (Å²) in [5, 5.41) is 7.67. The zero-order valence-electron chi connectivity index (χ0n) is 18.0. The zero-order chi connectivity index (χ0) is 23.0. The maximum Gasteiger partial charge on any atom is 0.253 e. The Bertz CT molecular complexity index is 1030. The van der Waals surface area contributed by atoms with E-state index in [0.29, 0.717) is 48.5 Å². The Hall–Kier alpha value is -2.55. The van der Waals surface area contributed by atoms with Crippen LogP contribution >= 0.6 is 23.2 Å². The lowest BCUT2D eigenvalue weighted by molar-refractivity contribution is -0.137. The Labute approximate surface area is 197 Å². The molecule has 170 valence electrons. The second kappa shape index (κ2) is 8.77. The van der Waals surface area contributed by atoms with Gasteiger partial charge in [0.2, 0.25) is 0 Å². The molecule has 0 aromatic heterocycles. The largest absolute Gasteiger partial charge is 0.398 e. The number of hydrogen-bond acceptors (Lipinski definition) is 7. The highest BCUT2D eigenvalue weighted by Crippen LogP contribution is 2.35. The average molecular weight is 477 g/mol. The third-order valence-corrected chi connectivity index (χ3v) is 6.48. The first-order valence-corrected chi connectivity index (χ1v) is 11.2. The molecule has 1 amide bonds. The Balaban J connectivity index is 1.56. The van der Waals surface area contributed by atoms with Crippen molar-refractivity contribution in [3.05, 3.63) is 68.5 Å². The highest BCUT2D eigenvalue weighted by atomic mass is 35.5. The Kier molecular flexibility index (Phi) is 6.20. The standard InChI is InChI=1S/C22H26Cl2N6O2/c1-22(2,27-32)21(31)29-9-7-28(8-10-29)13-18-20(16-5-3-14(23)11-17(16)24)26-19-6-4-15(25)12-30(18)19/h3-6,11-12,19,26H,7-10,13,25H2,1-2H3. The minimum Gasteiger partial charge on any atom is -0.398 e. The van der Waals surface area contributed by atoms with Gasteiger partial charge in [0, 0.05) is 55.2 Å². The van der Waals surface area contributed by atoms with Gasteiger partial charge in [-0.05, 0) is 44.2 Å². The fourth-order valence-corrected chi connectivity index (χ4v) is 4.64. The van der Waals surface area contributed by atoms with Crippen LogP contribution in [0.5, 0.6) is 0 Å². The second-order valence-electron chi connectivity index (χ2n) is 8.65. The maximum absolute atomic E-state index is 12.6. The number of hydrogen-bond donors (Lipinski definition) is 2. The fraction of sp³-hybridized carbons (Fsp3) is 0.409.